The van der Waals surface area contributed by atoms with E-state index >= 15 is 0 Å². The number of rotatable bonds is 10. The maximum atomic E-state index is 13.7. The summed E-state index contributed by atoms with van der Waals surface area (Å²) < 4.78 is 28.5. The SMILES string of the molecule is CCNC(=O)C(C)N(Cc1ccccc1)C(=O)CN(c1cccc(C)c1)S(=O)(=O)c1ccc(Cl)cc1. The molecule has 3 rings (SSSR count). The van der Waals surface area contributed by atoms with Gasteiger partial charge >= 0.3 is 0 Å². The average Bonchev–Trinajstić information content (AvgIpc) is 2.86. The second-order valence-corrected chi connectivity index (χ2v) is 10.7. The van der Waals surface area contributed by atoms with E-state index < -0.39 is 28.5 Å². The van der Waals surface area contributed by atoms with Crippen molar-refractivity contribution in [1.82, 2.24) is 10.2 Å². The molecule has 0 bridgehead atoms. The van der Waals surface area contributed by atoms with Crippen LogP contribution >= 0.6 is 11.6 Å². The number of hydrogen-bond acceptors (Lipinski definition) is 4. The number of halogens is 1. The van der Waals surface area contributed by atoms with E-state index in [0.717, 1.165) is 15.4 Å². The molecule has 1 unspecified atom stereocenters. The lowest BCUT2D eigenvalue weighted by atomic mass is 10.1. The molecule has 0 aliphatic heterocycles. The Labute approximate surface area is 217 Å². The highest BCUT2D eigenvalue weighted by Gasteiger charge is 2.32. The van der Waals surface area contributed by atoms with Crippen LogP contribution in [-0.4, -0.2) is 44.3 Å². The quantitative estimate of drug-likeness (QED) is 0.423. The van der Waals surface area contributed by atoms with Gasteiger partial charge in [-0.05, 0) is 68.3 Å². The molecule has 2 amide bonds. The van der Waals surface area contributed by atoms with Crippen molar-refractivity contribution in [3.05, 3.63) is 95.0 Å². The van der Waals surface area contributed by atoms with Crippen LogP contribution < -0.4 is 9.62 Å². The first kappa shape index (κ1) is 27.2. The smallest absolute Gasteiger partial charge is 0.264 e. The number of amides is 2. The molecular formula is C27H30ClN3O4S. The standard InChI is InChI=1S/C27H30ClN3O4S/c1-4-29-27(33)21(3)30(18-22-10-6-5-7-11-22)26(32)19-31(24-12-8-9-20(2)17-24)36(34,35)25-15-13-23(28)14-16-25/h5-17,21H,4,18-19H2,1-3H3,(H,29,33). The number of anilines is 1. The van der Waals surface area contributed by atoms with E-state index in [0.29, 0.717) is 17.3 Å². The first-order valence-electron chi connectivity index (χ1n) is 11.6. The number of sulfonamides is 1. The van der Waals surface area contributed by atoms with Gasteiger partial charge in [0.15, 0.2) is 0 Å². The topological polar surface area (TPSA) is 86.8 Å². The van der Waals surface area contributed by atoms with Crippen molar-refractivity contribution in [1.29, 1.82) is 0 Å². The fraction of sp³-hybridized carbons (Fsp3) is 0.259. The molecule has 1 atom stereocenters. The van der Waals surface area contributed by atoms with Crippen molar-refractivity contribution in [2.75, 3.05) is 17.4 Å². The molecule has 0 aliphatic rings. The van der Waals surface area contributed by atoms with Crippen molar-refractivity contribution in [3.63, 3.8) is 0 Å². The van der Waals surface area contributed by atoms with Crippen molar-refractivity contribution < 1.29 is 18.0 Å². The van der Waals surface area contributed by atoms with E-state index in [1.807, 2.05) is 43.3 Å². The fourth-order valence-electron chi connectivity index (χ4n) is 3.73. The largest absolute Gasteiger partial charge is 0.355 e. The van der Waals surface area contributed by atoms with Gasteiger partial charge in [0.1, 0.15) is 12.6 Å². The van der Waals surface area contributed by atoms with Crippen molar-refractivity contribution >= 4 is 39.1 Å². The third-order valence-electron chi connectivity index (χ3n) is 5.68. The van der Waals surface area contributed by atoms with Crippen LogP contribution in [0.4, 0.5) is 5.69 Å². The van der Waals surface area contributed by atoms with Gasteiger partial charge in [-0.2, -0.15) is 0 Å². The summed E-state index contributed by atoms with van der Waals surface area (Å²) in [6.45, 7) is 5.36. The Bertz CT molecular complexity index is 1300. The second kappa shape index (κ2) is 12.1. The van der Waals surface area contributed by atoms with Crippen LogP contribution in [-0.2, 0) is 26.2 Å². The van der Waals surface area contributed by atoms with Crippen molar-refractivity contribution in [2.24, 2.45) is 0 Å². The van der Waals surface area contributed by atoms with Crippen LogP contribution in [0.2, 0.25) is 5.02 Å². The molecule has 1 N–H and O–H groups in total. The van der Waals surface area contributed by atoms with Crippen LogP contribution in [0.25, 0.3) is 0 Å². The molecule has 190 valence electrons. The second-order valence-electron chi connectivity index (χ2n) is 8.38. The summed E-state index contributed by atoms with van der Waals surface area (Å²) in [5, 5.41) is 3.14. The van der Waals surface area contributed by atoms with Crippen LogP contribution in [0.1, 0.15) is 25.0 Å². The Morgan fingerprint density at radius 3 is 2.25 bits per heavy atom. The van der Waals surface area contributed by atoms with Gasteiger partial charge in [-0.25, -0.2) is 8.42 Å². The Morgan fingerprint density at radius 2 is 1.64 bits per heavy atom. The minimum absolute atomic E-state index is 0.00703. The maximum Gasteiger partial charge on any atom is 0.264 e. The molecule has 0 saturated carbocycles. The number of nitrogens with one attached hydrogen (secondary N) is 1. The zero-order valence-corrected chi connectivity index (χ0v) is 22.1. The highest BCUT2D eigenvalue weighted by atomic mass is 35.5. The average molecular weight is 528 g/mol. The molecule has 36 heavy (non-hydrogen) atoms. The van der Waals surface area contributed by atoms with Crippen molar-refractivity contribution in [2.45, 2.75) is 38.3 Å². The predicted octanol–water partition coefficient (Wildman–Crippen LogP) is 4.40. The summed E-state index contributed by atoms with van der Waals surface area (Å²) in [5.41, 5.74) is 2.02. The van der Waals surface area contributed by atoms with E-state index in [2.05, 4.69) is 5.32 Å². The third-order valence-corrected chi connectivity index (χ3v) is 7.72. The lowest BCUT2D eigenvalue weighted by Crippen LogP contribution is -2.51. The number of benzene rings is 3. The normalized spacial score (nSPS) is 12.0. The van der Waals surface area contributed by atoms with Gasteiger partial charge in [-0.15, -0.1) is 0 Å². The number of carbonyl (C=O) groups excluding carboxylic acids is 2. The summed E-state index contributed by atoms with van der Waals surface area (Å²) in [5.74, 6) is -0.818. The molecule has 0 aliphatic carbocycles. The lowest BCUT2D eigenvalue weighted by molar-refractivity contribution is -0.139. The van der Waals surface area contributed by atoms with E-state index in [9.17, 15) is 18.0 Å². The summed E-state index contributed by atoms with van der Waals surface area (Å²) in [6.07, 6.45) is 0. The molecule has 3 aromatic rings. The first-order chi connectivity index (χ1) is 17.1. The zero-order chi connectivity index (χ0) is 26.3. The Morgan fingerprint density at radius 1 is 0.972 bits per heavy atom. The molecule has 9 heteroatoms. The van der Waals surface area contributed by atoms with Crippen LogP contribution in [0.15, 0.2) is 83.8 Å². The van der Waals surface area contributed by atoms with E-state index in [1.165, 1.54) is 29.2 Å². The molecule has 3 aromatic carbocycles. The minimum Gasteiger partial charge on any atom is -0.355 e. The summed E-state index contributed by atoms with van der Waals surface area (Å²) in [7, 11) is -4.12. The van der Waals surface area contributed by atoms with Gasteiger partial charge in [-0.1, -0.05) is 54.1 Å². The van der Waals surface area contributed by atoms with E-state index in [-0.39, 0.29) is 17.3 Å². The minimum atomic E-state index is -4.12. The van der Waals surface area contributed by atoms with E-state index in [1.54, 1.807) is 32.0 Å². The highest BCUT2D eigenvalue weighted by molar-refractivity contribution is 7.92. The Hall–Kier alpha value is -3.36. The maximum absolute atomic E-state index is 13.7. The number of aryl methyl sites for hydroxylation is 1. The Balaban J connectivity index is 2.02. The molecule has 0 fully saturated rings. The van der Waals surface area contributed by atoms with Gasteiger partial charge in [0.05, 0.1) is 10.6 Å². The van der Waals surface area contributed by atoms with Gasteiger partial charge in [0.25, 0.3) is 10.0 Å². The first-order valence-corrected chi connectivity index (χ1v) is 13.4. The number of nitrogens with zero attached hydrogens (tertiary/aromatic N) is 2. The summed E-state index contributed by atoms with van der Waals surface area (Å²) in [4.78, 5) is 27.8. The molecule has 0 spiro atoms. The van der Waals surface area contributed by atoms with Gasteiger partial charge < -0.3 is 10.2 Å². The summed E-state index contributed by atoms with van der Waals surface area (Å²) >= 11 is 5.97. The molecular weight excluding hydrogens is 498 g/mol. The van der Waals surface area contributed by atoms with Crippen molar-refractivity contribution in [3.8, 4) is 0 Å². The Kier molecular flexibility index (Phi) is 9.12. The van der Waals surface area contributed by atoms with Crippen LogP contribution in [0, 0.1) is 6.92 Å². The molecule has 0 radical (unpaired) electrons. The lowest BCUT2D eigenvalue weighted by Gasteiger charge is -2.32. The molecule has 7 nitrogen and oxygen atoms in total. The van der Waals surface area contributed by atoms with Gasteiger partial charge in [-0.3, -0.25) is 13.9 Å². The van der Waals surface area contributed by atoms with Crippen LogP contribution in [0.5, 0.6) is 0 Å². The molecule has 0 heterocycles. The van der Waals surface area contributed by atoms with E-state index in [4.69, 9.17) is 11.6 Å². The van der Waals surface area contributed by atoms with Crippen LogP contribution in [0.3, 0.4) is 0 Å². The number of hydrogen-bond donors (Lipinski definition) is 1. The number of carbonyl (C=O) groups is 2. The highest BCUT2D eigenvalue weighted by Crippen LogP contribution is 2.26. The molecule has 0 saturated heterocycles. The molecule has 0 aromatic heterocycles. The number of likely N-dealkylation sites (N-methyl/N-ethyl adjacent to an activating group) is 1. The summed E-state index contributed by atoms with van der Waals surface area (Å²) in [6, 6.07) is 21.2. The monoisotopic (exact) mass is 527 g/mol. The zero-order valence-electron chi connectivity index (χ0n) is 20.5. The fourth-order valence-corrected chi connectivity index (χ4v) is 5.26. The third kappa shape index (κ3) is 6.65. The van der Waals surface area contributed by atoms with Gasteiger partial charge in [0.2, 0.25) is 11.8 Å². The predicted molar refractivity (Wildman–Crippen MR) is 142 cm³/mol. The van der Waals surface area contributed by atoms with Gasteiger partial charge in [0, 0.05) is 18.1 Å².